The molecule has 0 radical (unpaired) electrons. The van der Waals surface area contributed by atoms with Crippen LogP contribution in [0.3, 0.4) is 0 Å². The molecule has 1 saturated heterocycles. The minimum atomic E-state index is -0.399. The fraction of sp³-hybridized carbons (Fsp3) is 0.600. The predicted octanol–water partition coefficient (Wildman–Crippen LogP) is 2.56. The molecule has 2 N–H and O–H groups in total. The van der Waals surface area contributed by atoms with E-state index < -0.39 is 5.82 Å². The first kappa shape index (κ1) is 13.5. The van der Waals surface area contributed by atoms with Crippen LogP contribution in [0.25, 0.3) is 0 Å². The number of hydrogen-bond acceptors (Lipinski definition) is 4. The summed E-state index contributed by atoms with van der Waals surface area (Å²) in [7, 11) is 0. The summed E-state index contributed by atoms with van der Waals surface area (Å²) in [5, 5.41) is 0. The first-order valence-electron chi connectivity index (χ1n) is 7.30. The topological polar surface area (TPSA) is 47.7 Å². The highest BCUT2D eigenvalue weighted by molar-refractivity contribution is 5.70. The van der Waals surface area contributed by atoms with Crippen LogP contribution in [0.2, 0.25) is 0 Å². The largest absolute Gasteiger partial charge is 0.491 e. The standard InChI is InChI=1S/C15H21FN2O2/c1-2-19-15-9-13(11(17)8-10(15)16)18-6-7-20-14-5-3-4-12(14)18/h8-9,12,14H,2-7,17H2,1H3. The van der Waals surface area contributed by atoms with E-state index in [4.69, 9.17) is 15.2 Å². The van der Waals surface area contributed by atoms with E-state index in [1.807, 2.05) is 6.92 Å². The van der Waals surface area contributed by atoms with Crippen molar-refractivity contribution in [2.45, 2.75) is 38.3 Å². The average molecular weight is 280 g/mol. The van der Waals surface area contributed by atoms with Crippen molar-refractivity contribution in [1.82, 2.24) is 0 Å². The van der Waals surface area contributed by atoms with Crippen LogP contribution in [0.15, 0.2) is 12.1 Å². The van der Waals surface area contributed by atoms with Gasteiger partial charge in [0.2, 0.25) is 0 Å². The van der Waals surface area contributed by atoms with Gasteiger partial charge in [0.1, 0.15) is 0 Å². The fourth-order valence-electron chi connectivity index (χ4n) is 3.30. The maximum Gasteiger partial charge on any atom is 0.167 e. The molecular weight excluding hydrogens is 259 g/mol. The SMILES string of the molecule is CCOc1cc(N2CCOC3CCCC32)c(N)cc1F. The van der Waals surface area contributed by atoms with Crippen LogP contribution < -0.4 is 15.4 Å². The number of benzene rings is 1. The molecule has 1 aliphatic carbocycles. The van der Waals surface area contributed by atoms with E-state index in [-0.39, 0.29) is 11.9 Å². The molecule has 0 aromatic heterocycles. The molecule has 2 fully saturated rings. The molecule has 1 aromatic carbocycles. The first-order chi connectivity index (χ1) is 9.70. The highest BCUT2D eigenvalue weighted by Crippen LogP contribution is 2.38. The fourth-order valence-corrected chi connectivity index (χ4v) is 3.30. The monoisotopic (exact) mass is 280 g/mol. The molecule has 0 bridgehead atoms. The van der Waals surface area contributed by atoms with Gasteiger partial charge in [-0.2, -0.15) is 0 Å². The number of anilines is 2. The Morgan fingerprint density at radius 2 is 2.30 bits per heavy atom. The zero-order chi connectivity index (χ0) is 14.1. The van der Waals surface area contributed by atoms with Crippen LogP contribution in [-0.2, 0) is 4.74 Å². The third-order valence-corrected chi connectivity index (χ3v) is 4.17. The molecule has 110 valence electrons. The molecule has 1 heterocycles. The summed E-state index contributed by atoms with van der Waals surface area (Å²) in [5.41, 5.74) is 7.36. The summed E-state index contributed by atoms with van der Waals surface area (Å²) in [4.78, 5) is 2.26. The quantitative estimate of drug-likeness (QED) is 0.864. The third-order valence-electron chi connectivity index (χ3n) is 4.17. The normalized spacial score (nSPS) is 25.6. The van der Waals surface area contributed by atoms with E-state index in [9.17, 15) is 4.39 Å². The Balaban J connectivity index is 1.93. The van der Waals surface area contributed by atoms with Crippen molar-refractivity contribution in [2.24, 2.45) is 0 Å². The van der Waals surface area contributed by atoms with Crippen molar-refractivity contribution < 1.29 is 13.9 Å². The van der Waals surface area contributed by atoms with E-state index in [1.165, 1.54) is 12.5 Å². The smallest absolute Gasteiger partial charge is 0.167 e. The molecule has 1 aromatic rings. The van der Waals surface area contributed by atoms with Gasteiger partial charge in [-0.25, -0.2) is 4.39 Å². The Morgan fingerprint density at radius 3 is 3.10 bits per heavy atom. The number of hydrogen-bond donors (Lipinski definition) is 1. The number of fused-ring (bicyclic) bond motifs is 1. The van der Waals surface area contributed by atoms with E-state index in [2.05, 4.69) is 4.90 Å². The Bertz CT molecular complexity index is 495. The Hall–Kier alpha value is -1.49. The maximum absolute atomic E-state index is 13.8. The van der Waals surface area contributed by atoms with Crippen LogP contribution in [0.1, 0.15) is 26.2 Å². The number of nitrogens with two attached hydrogens (primary N) is 1. The van der Waals surface area contributed by atoms with Gasteiger partial charge in [0.05, 0.1) is 36.7 Å². The Kier molecular flexibility index (Phi) is 3.70. The van der Waals surface area contributed by atoms with Crippen molar-refractivity contribution in [3.05, 3.63) is 17.9 Å². The zero-order valence-electron chi connectivity index (χ0n) is 11.8. The number of halogens is 1. The van der Waals surface area contributed by atoms with E-state index >= 15 is 0 Å². The van der Waals surface area contributed by atoms with Crippen LogP contribution in [0, 0.1) is 5.82 Å². The third kappa shape index (κ3) is 2.30. The molecule has 1 saturated carbocycles. The second-order valence-corrected chi connectivity index (χ2v) is 5.38. The minimum Gasteiger partial charge on any atom is -0.491 e. The molecule has 2 aliphatic rings. The van der Waals surface area contributed by atoms with Gasteiger partial charge in [0.25, 0.3) is 0 Å². The average Bonchev–Trinajstić information content (AvgIpc) is 2.90. The summed E-state index contributed by atoms with van der Waals surface area (Å²) in [6.45, 7) is 3.77. The molecule has 1 aliphatic heterocycles. The van der Waals surface area contributed by atoms with Crippen LogP contribution in [0.5, 0.6) is 5.75 Å². The molecule has 2 unspecified atom stereocenters. The van der Waals surface area contributed by atoms with Crippen molar-refractivity contribution in [1.29, 1.82) is 0 Å². The van der Waals surface area contributed by atoms with Gasteiger partial charge in [0, 0.05) is 18.7 Å². The lowest BCUT2D eigenvalue weighted by atomic mass is 10.1. The van der Waals surface area contributed by atoms with Crippen molar-refractivity contribution in [3.63, 3.8) is 0 Å². The number of rotatable bonds is 3. The molecule has 5 heteroatoms. The van der Waals surface area contributed by atoms with Gasteiger partial charge >= 0.3 is 0 Å². The Morgan fingerprint density at radius 1 is 1.45 bits per heavy atom. The summed E-state index contributed by atoms with van der Waals surface area (Å²) in [5.74, 6) is -0.123. The lowest BCUT2D eigenvalue weighted by molar-refractivity contribution is 0.0257. The van der Waals surface area contributed by atoms with E-state index in [0.29, 0.717) is 24.9 Å². The van der Waals surface area contributed by atoms with Crippen molar-refractivity contribution in [2.75, 3.05) is 30.4 Å². The van der Waals surface area contributed by atoms with Gasteiger partial charge < -0.3 is 20.1 Å². The Labute approximate surface area is 118 Å². The van der Waals surface area contributed by atoms with Gasteiger partial charge in [-0.05, 0) is 26.2 Å². The second kappa shape index (κ2) is 5.48. The minimum absolute atomic E-state index is 0.276. The zero-order valence-corrected chi connectivity index (χ0v) is 11.8. The van der Waals surface area contributed by atoms with Gasteiger partial charge in [-0.1, -0.05) is 0 Å². The second-order valence-electron chi connectivity index (χ2n) is 5.38. The molecular formula is C15H21FN2O2. The summed E-state index contributed by atoms with van der Waals surface area (Å²) in [6, 6.07) is 3.44. The molecule has 0 spiro atoms. The van der Waals surface area contributed by atoms with Gasteiger partial charge in [-0.15, -0.1) is 0 Å². The lowest BCUT2D eigenvalue weighted by Gasteiger charge is -2.40. The molecule has 20 heavy (non-hydrogen) atoms. The van der Waals surface area contributed by atoms with Gasteiger partial charge in [-0.3, -0.25) is 0 Å². The molecule has 3 rings (SSSR count). The predicted molar refractivity (Wildman–Crippen MR) is 76.7 cm³/mol. The van der Waals surface area contributed by atoms with Crippen molar-refractivity contribution in [3.8, 4) is 5.75 Å². The lowest BCUT2D eigenvalue weighted by Crippen LogP contribution is -2.48. The van der Waals surface area contributed by atoms with Crippen LogP contribution in [0.4, 0.5) is 15.8 Å². The molecule has 2 atom stereocenters. The maximum atomic E-state index is 13.8. The van der Waals surface area contributed by atoms with Crippen LogP contribution >= 0.6 is 0 Å². The van der Waals surface area contributed by atoms with Crippen molar-refractivity contribution >= 4 is 11.4 Å². The van der Waals surface area contributed by atoms with E-state index in [1.54, 1.807) is 6.07 Å². The summed E-state index contributed by atoms with van der Waals surface area (Å²) in [6.07, 6.45) is 3.65. The van der Waals surface area contributed by atoms with E-state index in [0.717, 1.165) is 25.1 Å². The number of nitrogens with zero attached hydrogens (tertiary/aromatic N) is 1. The van der Waals surface area contributed by atoms with Gasteiger partial charge in [0.15, 0.2) is 11.6 Å². The number of ether oxygens (including phenoxy) is 2. The summed E-state index contributed by atoms with van der Waals surface area (Å²) < 4.78 is 25.0. The molecule has 4 nitrogen and oxygen atoms in total. The number of morpholine rings is 1. The van der Waals surface area contributed by atoms with Crippen LogP contribution in [-0.4, -0.2) is 31.9 Å². The highest BCUT2D eigenvalue weighted by atomic mass is 19.1. The highest BCUT2D eigenvalue weighted by Gasteiger charge is 2.37. The summed E-state index contributed by atoms with van der Waals surface area (Å²) >= 11 is 0. The first-order valence-corrected chi connectivity index (χ1v) is 7.30. The number of nitrogen functional groups attached to an aromatic ring is 1. The molecule has 0 amide bonds.